The Bertz CT molecular complexity index is 809. The number of nitrogens with zero attached hydrogens (tertiary/aromatic N) is 4. The van der Waals surface area contributed by atoms with E-state index in [-0.39, 0.29) is 0 Å². The van der Waals surface area contributed by atoms with Crippen LogP contribution >= 0.6 is 0 Å². The number of likely N-dealkylation sites (tertiary alicyclic amines) is 1. The quantitative estimate of drug-likeness (QED) is 0.732. The smallest absolute Gasteiger partial charge is 0.115 e. The van der Waals surface area contributed by atoms with Crippen molar-refractivity contribution >= 4 is 10.9 Å². The summed E-state index contributed by atoms with van der Waals surface area (Å²) in [6.45, 7) is 6.50. The SMILES string of the molecule is CCn1ccc2ccc(CN3CCCC(c4ccncn4)C3)cc21. The third-order valence-electron chi connectivity index (χ3n) is 5.11. The van der Waals surface area contributed by atoms with Gasteiger partial charge in [0.2, 0.25) is 0 Å². The molecule has 3 aromatic rings. The topological polar surface area (TPSA) is 34.0 Å². The van der Waals surface area contributed by atoms with Crippen molar-refractivity contribution in [2.75, 3.05) is 13.1 Å². The summed E-state index contributed by atoms with van der Waals surface area (Å²) < 4.78 is 2.32. The first kappa shape index (κ1) is 15.3. The normalized spacial score (nSPS) is 19.0. The summed E-state index contributed by atoms with van der Waals surface area (Å²) in [5.74, 6) is 0.532. The van der Waals surface area contributed by atoms with Gasteiger partial charge in [-0.05, 0) is 55.5 Å². The third kappa shape index (κ3) is 3.06. The van der Waals surface area contributed by atoms with E-state index in [0.717, 1.165) is 19.6 Å². The van der Waals surface area contributed by atoms with Gasteiger partial charge in [0.05, 0.1) is 0 Å². The molecule has 1 aliphatic heterocycles. The Labute approximate surface area is 143 Å². The zero-order valence-corrected chi connectivity index (χ0v) is 14.2. The predicted octanol–water partition coefficient (Wildman–Crippen LogP) is 3.83. The molecule has 0 spiro atoms. The monoisotopic (exact) mass is 320 g/mol. The average molecular weight is 320 g/mol. The van der Waals surface area contributed by atoms with Gasteiger partial charge in [-0.25, -0.2) is 9.97 Å². The molecule has 124 valence electrons. The van der Waals surface area contributed by atoms with Gasteiger partial charge in [-0.2, -0.15) is 0 Å². The van der Waals surface area contributed by atoms with Gasteiger partial charge in [0, 0.05) is 49.2 Å². The van der Waals surface area contributed by atoms with Crippen molar-refractivity contribution in [1.29, 1.82) is 0 Å². The fraction of sp³-hybridized carbons (Fsp3) is 0.400. The van der Waals surface area contributed by atoms with Crippen molar-refractivity contribution in [3.63, 3.8) is 0 Å². The van der Waals surface area contributed by atoms with Gasteiger partial charge in [0.1, 0.15) is 6.33 Å². The summed E-state index contributed by atoms with van der Waals surface area (Å²) in [7, 11) is 0. The van der Waals surface area contributed by atoms with Crippen molar-refractivity contribution < 1.29 is 0 Å². The van der Waals surface area contributed by atoms with Crippen LogP contribution in [-0.2, 0) is 13.1 Å². The Morgan fingerprint density at radius 3 is 3.00 bits per heavy atom. The van der Waals surface area contributed by atoms with E-state index in [0.29, 0.717) is 5.92 Å². The molecule has 1 unspecified atom stereocenters. The van der Waals surface area contributed by atoms with E-state index >= 15 is 0 Å². The number of fused-ring (bicyclic) bond motifs is 1. The van der Waals surface area contributed by atoms with Crippen LogP contribution in [0.5, 0.6) is 0 Å². The minimum atomic E-state index is 0.532. The first-order valence-corrected chi connectivity index (χ1v) is 8.89. The zero-order chi connectivity index (χ0) is 16.4. The molecular weight excluding hydrogens is 296 g/mol. The highest BCUT2D eigenvalue weighted by atomic mass is 15.1. The Morgan fingerprint density at radius 2 is 2.17 bits per heavy atom. The number of rotatable bonds is 4. The fourth-order valence-corrected chi connectivity index (χ4v) is 3.84. The maximum absolute atomic E-state index is 4.46. The second kappa shape index (κ2) is 6.73. The molecule has 0 saturated carbocycles. The Hall–Kier alpha value is -2.20. The van der Waals surface area contributed by atoms with Gasteiger partial charge in [0.15, 0.2) is 0 Å². The number of hydrogen-bond donors (Lipinski definition) is 0. The van der Waals surface area contributed by atoms with Gasteiger partial charge in [-0.15, -0.1) is 0 Å². The minimum absolute atomic E-state index is 0.532. The van der Waals surface area contributed by atoms with E-state index in [2.05, 4.69) is 62.9 Å². The molecule has 3 heterocycles. The molecule has 1 saturated heterocycles. The second-order valence-electron chi connectivity index (χ2n) is 6.70. The van der Waals surface area contributed by atoms with Crippen LogP contribution in [0.1, 0.15) is 36.9 Å². The van der Waals surface area contributed by atoms with E-state index in [1.165, 1.54) is 41.5 Å². The highest BCUT2D eigenvalue weighted by Gasteiger charge is 2.22. The zero-order valence-electron chi connectivity index (χ0n) is 14.2. The van der Waals surface area contributed by atoms with E-state index in [9.17, 15) is 0 Å². The van der Waals surface area contributed by atoms with Gasteiger partial charge in [0.25, 0.3) is 0 Å². The van der Waals surface area contributed by atoms with Crippen LogP contribution in [0.25, 0.3) is 10.9 Å². The van der Waals surface area contributed by atoms with Crippen LogP contribution < -0.4 is 0 Å². The molecule has 0 aliphatic carbocycles. The summed E-state index contributed by atoms with van der Waals surface area (Å²) in [6, 6.07) is 11.1. The lowest BCUT2D eigenvalue weighted by molar-refractivity contribution is 0.198. The van der Waals surface area contributed by atoms with Crippen LogP contribution in [0.3, 0.4) is 0 Å². The summed E-state index contributed by atoms with van der Waals surface area (Å²) in [4.78, 5) is 11.1. The summed E-state index contributed by atoms with van der Waals surface area (Å²) >= 11 is 0. The summed E-state index contributed by atoms with van der Waals surface area (Å²) in [6.07, 6.45) is 8.17. The van der Waals surface area contributed by atoms with Gasteiger partial charge in [-0.1, -0.05) is 12.1 Å². The van der Waals surface area contributed by atoms with Crippen LogP contribution in [-0.4, -0.2) is 32.5 Å². The third-order valence-corrected chi connectivity index (χ3v) is 5.11. The van der Waals surface area contributed by atoms with Crippen molar-refractivity contribution in [3.05, 3.63) is 60.3 Å². The molecule has 0 amide bonds. The number of piperidine rings is 1. The summed E-state index contributed by atoms with van der Waals surface area (Å²) in [5.41, 5.74) is 3.93. The maximum atomic E-state index is 4.46. The lowest BCUT2D eigenvalue weighted by Gasteiger charge is -2.32. The molecule has 4 heteroatoms. The molecule has 0 radical (unpaired) electrons. The summed E-state index contributed by atoms with van der Waals surface area (Å²) in [5, 5.41) is 1.33. The number of aromatic nitrogens is 3. The molecule has 4 rings (SSSR count). The molecule has 4 nitrogen and oxygen atoms in total. The van der Waals surface area contributed by atoms with E-state index in [4.69, 9.17) is 0 Å². The molecule has 1 fully saturated rings. The van der Waals surface area contributed by atoms with Crippen LogP contribution in [0.15, 0.2) is 49.1 Å². The Kier molecular flexibility index (Phi) is 4.30. The average Bonchev–Trinajstić information content (AvgIpc) is 3.05. The van der Waals surface area contributed by atoms with E-state index < -0.39 is 0 Å². The van der Waals surface area contributed by atoms with Gasteiger partial charge in [-0.3, -0.25) is 4.90 Å². The van der Waals surface area contributed by atoms with Crippen molar-refractivity contribution in [3.8, 4) is 0 Å². The van der Waals surface area contributed by atoms with Crippen molar-refractivity contribution in [2.45, 2.75) is 38.8 Å². The molecule has 2 aromatic heterocycles. The van der Waals surface area contributed by atoms with Crippen molar-refractivity contribution in [2.24, 2.45) is 0 Å². The molecule has 24 heavy (non-hydrogen) atoms. The number of aryl methyl sites for hydroxylation is 1. The lowest BCUT2D eigenvalue weighted by atomic mass is 9.94. The highest BCUT2D eigenvalue weighted by molar-refractivity contribution is 5.80. The molecule has 1 aromatic carbocycles. The second-order valence-corrected chi connectivity index (χ2v) is 6.70. The number of benzene rings is 1. The standard InChI is InChI=1S/C20H24N4/c1-2-24-11-8-17-6-5-16(12-20(17)24)13-23-10-3-4-18(14-23)19-7-9-21-15-22-19/h5-9,11-12,15,18H,2-4,10,13-14H2,1H3. The highest BCUT2D eigenvalue weighted by Crippen LogP contribution is 2.27. The van der Waals surface area contributed by atoms with Gasteiger partial charge < -0.3 is 4.57 Å². The van der Waals surface area contributed by atoms with Crippen LogP contribution in [0, 0.1) is 0 Å². The molecule has 0 bridgehead atoms. The molecule has 1 atom stereocenters. The van der Waals surface area contributed by atoms with Gasteiger partial charge >= 0.3 is 0 Å². The van der Waals surface area contributed by atoms with Crippen LogP contribution in [0.2, 0.25) is 0 Å². The number of hydrogen-bond acceptors (Lipinski definition) is 3. The lowest BCUT2D eigenvalue weighted by Crippen LogP contribution is -2.34. The molecule has 1 aliphatic rings. The first-order chi connectivity index (χ1) is 11.8. The van der Waals surface area contributed by atoms with Crippen LogP contribution in [0.4, 0.5) is 0 Å². The maximum Gasteiger partial charge on any atom is 0.115 e. The first-order valence-electron chi connectivity index (χ1n) is 8.89. The Morgan fingerprint density at radius 1 is 1.21 bits per heavy atom. The largest absolute Gasteiger partial charge is 0.348 e. The molecule has 0 N–H and O–H groups in total. The Balaban J connectivity index is 1.50. The fourth-order valence-electron chi connectivity index (χ4n) is 3.84. The van der Waals surface area contributed by atoms with Crippen molar-refractivity contribution in [1.82, 2.24) is 19.4 Å². The minimum Gasteiger partial charge on any atom is -0.348 e. The van der Waals surface area contributed by atoms with E-state index in [1.807, 2.05) is 6.20 Å². The predicted molar refractivity (Wildman–Crippen MR) is 96.9 cm³/mol. The van der Waals surface area contributed by atoms with E-state index in [1.54, 1.807) is 6.33 Å². The molecular formula is C20H24N4.